The van der Waals surface area contributed by atoms with E-state index in [0.29, 0.717) is 28.5 Å². The average molecular weight is 464 g/mol. The van der Waals surface area contributed by atoms with Gasteiger partial charge in [0.05, 0.1) is 10.4 Å². The minimum absolute atomic E-state index is 0.0638. The molecule has 1 aromatic heterocycles. The van der Waals surface area contributed by atoms with Gasteiger partial charge in [0.15, 0.2) is 0 Å². The largest absolute Gasteiger partial charge is 0.416 e. The predicted molar refractivity (Wildman–Crippen MR) is 116 cm³/mol. The van der Waals surface area contributed by atoms with Gasteiger partial charge in [0.25, 0.3) is 5.91 Å². The fourth-order valence-electron chi connectivity index (χ4n) is 3.89. The topological polar surface area (TPSA) is 59.2 Å². The first-order valence-electron chi connectivity index (χ1n) is 10.2. The maximum Gasteiger partial charge on any atom is 0.416 e. The Labute approximate surface area is 186 Å². The molecule has 2 N–H and O–H groups in total. The molecule has 4 rings (SSSR count). The third-order valence-electron chi connectivity index (χ3n) is 5.51. The first-order chi connectivity index (χ1) is 15.3. The van der Waals surface area contributed by atoms with Crippen LogP contribution < -0.4 is 5.73 Å². The summed E-state index contributed by atoms with van der Waals surface area (Å²) in [5.74, 6) is -0.836. The standard InChI is InChI=1S/C23H21F4N3OS/c24-17-8-4-6-15(12-17)21-29-19(22(31)30-10-2-1-9-18(30)13-28)20(32-21)14-5-3-7-16(11-14)23(25,26)27/h3-8,11-12,18H,1-2,9-10,13,28H2. The van der Waals surface area contributed by atoms with Crippen molar-refractivity contribution in [3.63, 3.8) is 0 Å². The number of nitrogens with zero attached hydrogens (tertiary/aromatic N) is 2. The van der Waals surface area contributed by atoms with Crippen molar-refractivity contribution in [2.45, 2.75) is 31.5 Å². The van der Waals surface area contributed by atoms with Crippen LogP contribution >= 0.6 is 11.3 Å². The molecule has 1 saturated heterocycles. The van der Waals surface area contributed by atoms with E-state index in [2.05, 4.69) is 4.98 Å². The number of halogens is 4. The number of thiazole rings is 1. The second-order valence-corrected chi connectivity index (χ2v) is 8.67. The molecule has 0 spiro atoms. The molecule has 1 atom stereocenters. The van der Waals surface area contributed by atoms with Crippen LogP contribution in [0.4, 0.5) is 17.6 Å². The zero-order valence-electron chi connectivity index (χ0n) is 17.0. The Morgan fingerprint density at radius 2 is 1.88 bits per heavy atom. The maximum absolute atomic E-state index is 13.8. The summed E-state index contributed by atoms with van der Waals surface area (Å²) in [6.45, 7) is 0.807. The second-order valence-electron chi connectivity index (χ2n) is 7.67. The molecule has 32 heavy (non-hydrogen) atoms. The number of amides is 1. The monoisotopic (exact) mass is 463 g/mol. The first-order valence-corrected chi connectivity index (χ1v) is 11.0. The van der Waals surface area contributed by atoms with E-state index in [1.165, 1.54) is 30.3 Å². The number of aromatic nitrogens is 1. The molecule has 2 heterocycles. The van der Waals surface area contributed by atoms with E-state index < -0.39 is 17.6 Å². The van der Waals surface area contributed by atoms with E-state index in [-0.39, 0.29) is 23.2 Å². The quantitative estimate of drug-likeness (QED) is 0.514. The Hall–Kier alpha value is -2.78. The van der Waals surface area contributed by atoms with E-state index in [1.54, 1.807) is 11.0 Å². The molecule has 1 aliphatic rings. The summed E-state index contributed by atoms with van der Waals surface area (Å²) >= 11 is 1.07. The number of alkyl halides is 3. The van der Waals surface area contributed by atoms with Gasteiger partial charge in [-0.05, 0) is 49.1 Å². The van der Waals surface area contributed by atoms with Crippen molar-refractivity contribution in [1.29, 1.82) is 0 Å². The summed E-state index contributed by atoms with van der Waals surface area (Å²) in [7, 11) is 0. The molecule has 1 amide bonds. The molecule has 9 heteroatoms. The lowest BCUT2D eigenvalue weighted by molar-refractivity contribution is -0.137. The lowest BCUT2D eigenvalue weighted by Crippen LogP contribution is -2.47. The average Bonchev–Trinajstić information content (AvgIpc) is 3.24. The fourth-order valence-corrected chi connectivity index (χ4v) is 4.94. The third-order valence-corrected chi connectivity index (χ3v) is 6.67. The number of likely N-dealkylation sites (tertiary alicyclic amines) is 1. The molecule has 0 radical (unpaired) electrons. The highest BCUT2D eigenvalue weighted by Crippen LogP contribution is 2.39. The van der Waals surface area contributed by atoms with Crippen LogP contribution in [0.1, 0.15) is 35.3 Å². The van der Waals surface area contributed by atoms with Crippen molar-refractivity contribution in [3.05, 3.63) is 65.6 Å². The van der Waals surface area contributed by atoms with E-state index in [0.717, 1.165) is 42.7 Å². The summed E-state index contributed by atoms with van der Waals surface area (Å²) in [6, 6.07) is 10.4. The van der Waals surface area contributed by atoms with Crippen LogP contribution in [-0.4, -0.2) is 34.9 Å². The Morgan fingerprint density at radius 1 is 1.12 bits per heavy atom. The van der Waals surface area contributed by atoms with Crippen LogP contribution in [0, 0.1) is 5.82 Å². The highest BCUT2D eigenvalue weighted by atomic mass is 32.1. The maximum atomic E-state index is 13.8. The van der Waals surface area contributed by atoms with E-state index in [4.69, 9.17) is 5.73 Å². The van der Waals surface area contributed by atoms with Gasteiger partial charge in [-0.2, -0.15) is 13.2 Å². The molecule has 1 fully saturated rings. The molecule has 0 aliphatic carbocycles. The molecule has 2 aromatic carbocycles. The van der Waals surface area contributed by atoms with Crippen LogP contribution in [0.3, 0.4) is 0 Å². The number of hydrogen-bond donors (Lipinski definition) is 1. The van der Waals surface area contributed by atoms with Crippen LogP contribution in [-0.2, 0) is 6.18 Å². The van der Waals surface area contributed by atoms with Gasteiger partial charge in [-0.3, -0.25) is 4.79 Å². The van der Waals surface area contributed by atoms with Gasteiger partial charge in [0, 0.05) is 24.7 Å². The van der Waals surface area contributed by atoms with Gasteiger partial charge in [0.2, 0.25) is 0 Å². The van der Waals surface area contributed by atoms with Crippen molar-refractivity contribution < 1.29 is 22.4 Å². The number of carbonyl (C=O) groups excluding carboxylic acids is 1. The van der Waals surface area contributed by atoms with Crippen molar-refractivity contribution in [2.24, 2.45) is 5.73 Å². The smallest absolute Gasteiger partial charge is 0.333 e. The Morgan fingerprint density at radius 3 is 2.59 bits per heavy atom. The minimum atomic E-state index is -4.52. The van der Waals surface area contributed by atoms with E-state index in [1.807, 2.05) is 0 Å². The highest BCUT2D eigenvalue weighted by molar-refractivity contribution is 7.18. The van der Waals surface area contributed by atoms with Crippen molar-refractivity contribution in [1.82, 2.24) is 9.88 Å². The molecular formula is C23H21F4N3OS. The van der Waals surface area contributed by atoms with E-state index in [9.17, 15) is 22.4 Å². The van der Waals surface area contributed by atoms with Crippen molar-refractivity contribution in [2.75, 3.05) is 13.1 Å². The minimum Gasteiger partial charge on any atom is -0.333 e. The zero-order valence-corrected chi connectivity index (χ0v) is 17.8. The van der Waals surface area contributed by atoms with Crippen molar-refractivity contribution in [3.8, 4) is 21.0 Å². The number of carbonyl (C=O) groups is 1. The second kappa shape index (κ2) is 8.99. The summed E-state index contributed by atoms with van der Waals surface area (Å²) in [5.41, 5.74) is 5.81. The molecule has 3 aromatic rings. The summed E-state index contributed by atoms with van der Waals surface area (Å²) in [5, 5.41) is 0.363. The SMILES string of the molecule is NCC1CCCCN1C(=O)c1nc(-c2cccc(F)c2)sc1-c1cccc(C(F)(F)F)c1. The molecule has 0 saturated carbocycles. The van der Waals surface area contributed by atoms with Gasteiger partial charge < -0.3 is 10.6 Å². The molecule has 1 unspecified atom stereocenters. The van der Waals surface area contributed by atoms with Gasteiger partial charge in [-0.25, -0.2) is 9.37 Å². The normalized spacial score (nSPS) is 16.9. The van der Waals surface area contributed by atoms with Crippen LogP contribution in [0.25, 0.3) is 21.0 Å². The zero-order chi connectivity index (χ0) is 22.9. The molecular weight excluding hydrogens is 442 g/mol. The van der Waals surface area contributed by atoms with Gasteiger partial charge in [-0.15, -0.1) is 11.3 Å². The highest BCUT2D eigenvalue weighted by Gasteiger charge is 2.33. The first kappa shape index (κ1) is 22.4. The Bertz CT molecular complexity index is 1130. The number of piperidine rings is 1. The molecule has 1 aliphatic heterocycles. The molecule has 168 valence electrons. The van der Waals surface area contributed by atoms with Crippen LogP contribution in [0.2, 0.25) is 0 Å². The van der Waals surface area contributed by atoms with E-state index >= 15 is 0 Å². The lowest BCUT2D eigenvalue weighted by atomic mass is 10.0. The number of rotatable bonds is 4. The van der Waals surface area contributed by atoms with Crippen LogP contribution in [0.15, 0.2) is 48.5 Å². The lowest BCUT2D eigenvalue weighted by Gasteiger charge is -2.34. The third kappa shape index (κ3) is 4.54. The Balaban J connectivity index is 1.84. The van der Waals surface area contributed by atoms with Gasteiger partial charge in [0.1, 0.15) is 16.5 Å². The fraction of sp³-hybridized carbons (Fsp3) is 0.304. The van der Waals surface area contributed by atoms with Gasteiger partial charge in [-0.1, -0.05) is 24.3 Å². The summed E-state index contributed by atoms with van der Waals surface area (Å²) in [6.07, 6.45) is -1.98. The number of nitrogens with two attached hydrogens (primary N) is 1. The summed E-state index contributed by atoms with van der Waals surface area (Å²) in [4.78, 5) is 19.9. The van der Waals surface area contributed by atoms with Crippen LogP contribution in [0.5, 0.6) is 0 Å². The van der Waals surface area contributed by atoms with Gasteiger partial charge >= 0.3 is 6.18 Å². The molecule has 4 nitrogen and oxygen atoms in total. The number of benzene rings is 2. The Kier molecular flexibility index (Phi) is 6.30. The summed E-state index contributed by atoms with van der Waals surface area (Å²) < 4.78 is 53.7. The predicted octanol–water partition coefficient (Wildman–Crippen LogP) is 5.59. The number of hydrogen-bond acceptors (Lipinski definition) is 4. The van der Waals surface area contributed by atoms with Crippen molar-refractivity contribution >= 4 is 17.2 Å². The molecule has 0 bridgehead atoms.